The topological polar surface area (TPSA) is 41.5 Å². The predicted molar refractivity (Wildman–Crippen MR) is 90.6 cm³/mol. The van der Waals surface area contributed by atoms with Crippen LogP contribution in [0.15, 0.2) is 42.5 Å². The third-order valence-corrected chi connectivity index (χ3v) is 3.71. The van der Waals surface area contributed by atoms with Crippen LogP contribution in [0.4, 0.5) is 0 Å². The highest BCUT2D eigenvalue weighted by molar-refractivity contribution is 6.35. The number of ether oxygens (including phenoxy) is 1. The molecular weight excluding hydrogens is 321 g/mol. The number of aliphatic hydroxyl groups is 1. The molecule has 0 aliphatic heterocycles. The molecule has 5 heteroatoms. The average molecular weight is 340 g/mol. The molecule has 1 atom stereocenters. The van der Waals surface area contributed by atoms with Crippen molar-refractivity contribution in [2.45, 2.75) is 26.2 Å². The molecule has 0 amide bonds. The minimum atomic E-state index is -0.374. The lowest BCUT2D eigenvalue weighted by Crippen LogP contribution is -2.24. The number of halogens is 2. The number of hydrogen-bond acceptors (Lipinski definition) is 3. The van der Waals surface area contributed by atoms with Gasteiger partial charge in [0.1, 0.15) is 12.4 Å². The Morgan fingerprint density at radius 2 is 1.91 bits per heavy atom. The third-order valence-electron chi connectivity index (χ3n) is 3.13. The van der Waals surface area contributed by atoms with Crippen molar-refractivity contribution < 1.29 is 9.84 Å². The number of nitrogens with one attached hydrogen (secondary N) is 1. The zero-order valence-electron chi connectivity index (χ0n) is 12.4. The molecule has 0 aromatic heterocycles. The van der Waals surface area contributed by atoms with Crippen molar-refractivity contribution in [3.63, 3.8) is 0 Å². The van der Waals surface area contributed by atoms with Crippen LogP contribution in [-0.2, 0) is 13.2 Å². The lowest BCUT2D eigenvalue weighted by Gasteiger charge is -2.13. The van der Waals surface area contributed by atoms with Crippen LogP contribution in [0.5, 0.6) is 5.75 Å². The molecule has 0 aliphatic rings. The maximum Gasteiger partial charge on any atom is 0.124 e. The first-order chi connectivity index (χ1) is 10.6. The summed E-state index contributed by atoms with van der Waals surface area (Å²) in [5.74, 6) is 0.798. The summed E-state index contributed by atoms with van der Waals surface area (Å²) < 4.78 is 5.87. The monoisotopic (exact) mass is 339 g/mol. The molecule has 0 saturated heterocycles. The second-order valence-electron chi connectivity index (χ2n) is 5.11. The molecule has 0 fully saturated rings. The highest BCUT2D eigenvalue weighted by Gasteiger charge is 2.06. The van der Waals surface area contributed by atoms with Crippen LogP contribution >= 0.6 is 23.2 Å². The Hall–Kier alpha value is -1.26. The van der Waals surface area contributed by atoms with E-state index < -0.39 is 0 Å². The van der Waals surface area contributed by atoms with E-state index in [2.05, 4.69) is 5.32 Å². The molecule has 0 radical (unpaired) electrons. The molecule has 2 aromatic carbocycles. The molecule has 1 unspecified atom stereocenters. The first kappa shape index (κ1) is 17.1. The molecule has 0 heterocycles. The van der Waals surface area contributed by atoms with Crippen molar-refractivity contribution in [1.29, 1.82) is 0 Å². The number of benzene rings is 2. The lowest BCUT2D eigenvalue weighted by atomic mass is 10.2. The van der Waals surface area contributed by atoms with Crippen LogP contribution < -0.4 is 10.1 Å². The maximum atomic E-state index is 9.29. The fourth-order valence-electron chi connectivity index (χ4n) is 2.00. The Morgan fingerprint density at radius 3 is 2.64 bits per heavy atom. The van der Waals surface area contributed by atoms with Gasteiger partial charge in [0.2, 0.25) is 0 Å². The SMILES string of the molecule is CC(O)CNCc1ccccc1OCc1ccc(Cl)cc1Cl. The summed E-state index contributed by atoms with van der Waals surface area (Å²) in [6.45, 7) is 3.30. The van der Waals surface area contributed by atoms with Crippen molar-refractivity contribution in [2.75, 3.05) is 6.54 Å². The van der Waals surface area contributed by atoms with Gasteiger partial charge in [0.15, 0.2) is 0 Å². The van der Waals surface area contributed by atoms with Crippen LogP contribution in [0, 0.1) is 0 Å². The summed E-state index contributed by atoms with van der Waals surface area (Å²) in [6.07, 6.45) is -0.374. The molecule has 22 heavy (non-hydrogen) atoms. The number of hydrogen-bond donors (Lipinski definition) is 2. The molecule has 0 spiro atoms. The minimum absolute atomic E-state index is 0.374. The van der Waals surface area contributed by atoms with Crippen molar-refractivity contribution in [1.82, 2.24) is 5.32 Å². The van der Waals surface area contributed by atoms with Gasteiger partial charge in [-0.1, -0.05) is 47.5 Å². The first-order valence-electron chi connectivity index (χ1n) is 7.09. The highest BCUT2D eigenvalue weighted by atomic mass is 35.5. The zero-order chi connectivity index (χ0) is 15.9. The van der Waals surface area contributed by atoms with E-state index in [1.807, 2.05) is 30.3 Å². The molecule has 2 aromatic rings. The molecule has 0 bridgehead atoms. The Kier molecular flexibility index (Phi) is 6.52. The maximum absolute atomic E-state index is 9.29. The normalized spacial score (nSPS) is 12.2. The van der Waals surface area contributed by atoms with Gasteiger partial charge in [-0.05, 0) is 25.1 Å². The van der Waals surface area contributed by atoms with Crippen LogP contribution in [0.1, 0.15) is 18.1 Å². The van der Waals surface area contributed by atoms with Crippen molar-refractivity contribution in [2.24, 2.45) is 0 Å². The Morgan fingerprint density at radius 1 is 1.14 bits per heavy atom. The largest absolute Gasteiger partial charge is 0.489 e. The van der Waals surface area contributed by atoms with Crippen LogP contribution in [0.25, 0.3) is 0 Å². The first-order valence-corrected chi connectivity index (χ1v) is 7.85. The Labute approximate surface area is 140 Å². The molecule has 118 valence electrons. The van der Waals surface area contributed by atoms with Crippen molar-refractivity contribution in [3.8, 4) is 5.75 Å². The molecule has 2 rings (SSSR count). The summed E-state index contributed by atoms with van der Waals surface area (Å²) in [6, 6.07) is 13.2. The van der Waals surface area contributed by atoms with E-state index in [1.165, 1.54) is 0 Å². The fraction of sp³-hybridized carbons (Fsp3) is 0.294. The van der Waals surface area contributed by atoms with Gasteiger partial charge in [-0.25, -0.2) is 0 Å². The summed E-state index contributed by atoms with van der Waals surface area (Å²) >= 11 is 12.0. The number of para-hydroxylation sites is 1. The van der Waals surface area contributed by atoms with Gasteiger partial charge < -0.3 is 15.2 Å². The second kappa shape index (κ2) is 8.39. The van der Waals surface area contributed by atoms with E-state index in [9.17, 15) is 5.11 Å². The predicted octanol–water partition coefficient (Wildman–Crippen LogP) is 4.04. The zero-order valence-corrected chi connectivity index (χ0v) is 13.9. The van der Waals surface area contributed by atoms with Gasteiger partial charge in [-0.2, -0.15) is 0 Å². The van der Waals surface area contributed by atoms with E-state index >= 15 is 0 Å². The van der Waals surface area contributed by atoms with E-state index in [0.717, 1.165) is 16.9 Å². The van der Waals surface area contributed by atoms with Gasteiger partial charge in [-0.15, -0.1) is 0 Å². The molecule has 2 N–H and O–H groups in total. The van der Waals surface area contributed by atoms with E-state index in [0.29, 0.717) is 29.7 Å². The fourth-order valence-corrected chi connectivity index (χ4v) is 2.46. The van der Waals surface area contributed by atoms with E-state index in [4.69, 9.17) is 27.9 Å². The Balaban J connectivity index is 2.00. The number of aliphatic hydroxyl groups excluding tert-OH is 1. The van der Waals surface area contributed by atoms with Crippen molar-refractivity contribution >= 4 is 23.2 Å². The van der Waals surface area contributed by atoms with Gasteiger partial charge in [0.05, 0.1) is 6.10 Å². The van der Waals surface area contributed by atoms with E-state index in [1.54, 1.807) is 19.1 Å². The smallest absolute Gasteiger partial charge is 0.124 e. The average Bonchev–Trinajstić information content (AvgIpc) is 2.47. The lowest BCUT2D eigenvalue weighted by molar-refractivity contribution is 0.190. The summed E-state index contributed by atoms with van der Waals surface area (Å²) in [4.78, 5) is 0. The van der Waals surface area contributed by atoms with Gasteiger partial charge in [0, 0.05) is 34.3 Å². The summed E-state index contributed by atoms with van der Waals surface area (Å²) in [5, 5.41) is 13.7. The van der Waals surface area contributed by atoms with Crippen LogP contribution in [-0.4, -0.2) is 17.8 Å². The van der Waals surface area contributed by atoms with Crippen molar-refractivity contribution in [3.05, 3.63) is 63.6 Å². The standard InChI is InChI=1S/C17H19Cl2NO2/c1-12(21)9-20-10-13-4-2-3-5-17(13)22-11-14-6-7-15(18)8-16(14)19/h2-8,12,20-21H,9-11H2,1H3. The highest BCUT2D eigenvalue weighted by Crippen LogP contribution is 2.24. The van der Waals surface area contributed by atoms with E-state index in [-0.39, 0.29) is 6.10 Å². The van der Waals surface area contributed by atoms with Gasteiger partial charge in [-0.3, -0.25) is 0 Å². The Bertz CT molecular complexity index is 617. The molecule has 3 nitrogen and oxygen atoms in total. The van der Waals surface area contributed by atoms with Crippen LogP contribution in [0.2, 0.25) is 10.0 Å². The minimum Gasteiger partial charge on any atom is -0.489 e. The second-order valence-corrected chi connectivity index (χ2v) is 5.96. The number of rotatable bonds is 7. The van der Waals surface area contributed by atoms with Crippen LogP contribution in [0.3, 0.4) is 0 Å². The summed E-state index contributed by atoms with van der Waals surface area (Å²) in [5.41, 5.74) is 1.92. The molecule has 0 saturated carbocycles. The molecule has 0 aliphatic carbocycles. The van der Waals surface area contributed by atoms with Gasteiger partial charge in [0.25, 0.3) is 0 Å². The molecular formula is C17H19Cl2NO2. The quantitative estimate of drug-likeness (QED) is 0.799. The third kappa shape index (κ3) is 5.18. The van der Waals surface area contributed by atoms with Gasteiger partial charge >= 0.3 is 0 Å². The summed E-state index contributed by atoms with van der Waals surface area (Å²) in [7, 11) is 0.